The van der Waals surface area contributed by atoms with Crippen molar-refractivity contribution in [3.8, 4) is 0 Å². The number of hydrogen-bond donors (Lipinski definition) is 2. The largest absolute Gasteiger partial charge is 0.462 e. The highest BCUT2D eigenvalue weighted by atomic mass is 32.2. The van der Waals surface area contributed by atoms with E-state index in [0.29, 0.717) is 18.2 Å². The molecule has 1 aromatic rings. The van der Waals surface area contributed by atoms with E-state index in [9.17, 15) is 8.42 Å². The maximum atomic E-state index is 12.2. The number of aliphatic hydroxyl groups is 1. The zero-order valence-electron chi connectivity index (χ0n) is 11.0. The average Bonchev–Trinajstić information content (AvgIpc) is 3.24. The van der Waals surface area contributed by atoms with E-state index in [2.05, 4.69) is 4.72 Å². The summed E-state index contributed by atoms with van der Waals surface area (Å²) in [6.07, 6.45) is 4.74. The van der Waals surface area contributed by atoms with Gasteiger partial charge in [0.25, 0.3) is 0 Å². The highest BCUT2D eigenvalue weighted by molar-refractivity contribution is 7.89. The van der Waals surface area contributed by atoms with Crippen molar-refractivity contribution in [1.29, 1.82) is 0 Å². The maximum absolute atomic E-state index is 12.2. The van der Waals surface area contributed by atoms with Crippen LogP contribution in [0.2, 0.25) is 0 Å². The molecule has 3 rings (SSSR count). The van der Waals surface area contributed by atoms with Gasteiger partial charge in [-0.25, -0.2) is 13.1 Å². The minimum atomic E-state index is -3.53. The predicted octanol–water partition coefficient (Wildman–Crippen LogP) is 1.55. The lowest BCUT2D eigenvalue weighted by Crippen LogP contribution is -2.31. The van der Waals surface area contributed by atoms with E-state index in [-0.39, 0.29) is 22.7 Å². The van der Waals surface area contributed by atoms with Gasteiger partial charge < -0.3 is 9.52 Å². The van der Waals surface area contributed by atoms with Crippen LogP contribution in [0.25, 0.3) is 0 Å². The highest BCUT2D eigenvalue weighted by Crippen LogP contribution is 2.60. The Kier molecular flexibility index (Phi) is 2.99. The first-order chi connectivity index (χ1) is 8.97. The first-order valence-corrected chi connectivity index (χ1v) is 8.15. The molecule has 0 radical (unpaired) electrons. The normalized spacial score (nSPS) is 21.6. The van der Waals surface area contributed by atoms with Gasteiger partial charge in [-0.2, -0.15) is 0 Å². The highest BCUT2D eigenvalue weighted by Gasteiger charge is 2.53. The van der Waals surface area contributed by atoms with Gasteiger partial charge >= 0.3 is 0 Å². The van der Waals surface area contributed by atoms with Crippen molar-refractivity contribution < 1.29 is 17.9 Å². The molecule has 19 heavy (non-hydrogen) atoms. The Hall–Kier alpha value is -0.850. The summed E-state index contributed by atoms with van der Waals surface area (Å²) in [5.74, 6) is 1.32. The van der Waals surface area contributed by atoms with E-state index >= 15 is 0 Å². The molecule has 2 saturated carbocycles. The molecule has 0 atom stereocenters. The first-order valence-electron chi connectivity index (χ1n) is 6.67. The van der Waals surface area contributed by atoms with Crippen molar-refractivity contribution in [2.24, 2.45) is 11.3 Å². The van der Waals surface area contributed by atoms with Crippen LogP contribution in [0.3, 0.4) is 0 Å². The standard InChI is InChI=1S/C13H19NO4S/c1-9-12(6-11(7-15)18-9)19(16,17)14-8-13(4-5-13)10-2-3-10/h6,10,14-15H,2-5,7-8H2,1H3. The second-order valence-electron chi connectivity index (χ2n) is 5.75. The molecule has 2 aliphatic rings. The van der Waals surface area contributed by atoms with Gasteiger partial charge in [0.2, 0.25) is 10.0 Å². The molecular weight excluding hydrogens is 266 g/mol. The third kappa shape index (κ3) is 2.44. The SMILES string of the molecule is Cc1oc(CO)cc1S(=O)(=O)NCC1(C2CC2)CC1. The molecule has 0 spiro atoms. The van der Waals surface area contributed by atoms with E-state index in [1.165, 1.54) is 18.9 Å². The van der Waals surface area contributed by atoms with E-state index in [0.717, 1.165) is 12.8 Å². The lowest BCUT2D eigenvalue weighted by molar-refractivity contribution is 0.244. The maximum Gasteiger partial charge on any atom is 0.244 e. The third-order valence-corrected chi connectivity index (χ3v) is 5.83. The predicted molar refractivity (Wildman–Crippen MR) is 68.9 cm³/mol. The van der Waals surface area contributed by atoms with Gasteiger partial charge in [0.1, 0.15) is 23.0 Å². The average molecular weight is 285 g/mol. The number of aryl methyl sites for hydroxylation is 1. The van der Waals surface area contributed by atoms with Gasteiger partial charge in [-0.05, 0) is 43.9 Å². The van der Waals surface area contributed by atoms with Crippen LogP contribution >= 0.6 is 0 Å². The van der Waals surface area contributed by atoms with Crippen LogP contribution in [0.4, 0.5) is 0 Å². The zero-order valence-corrected chi connectivity index (χ0v) is 11.8. The van der Waals surface area contributed by atoms with Crippen LogP contribution in [0.1, 0.15) is 37.2 Å². The molecule has 0 unspecified atom stereocenters. The summed E-state index contributed by atoms with van der Waals surface area (Å²) in [5, 5.41) is 8.98. The van der Waals surface area contributed by atoms with Crippen LogP contribution in [-0.2, 0) is 16.6 Å². The summed E-state index contributed by atoms with van der Waals surface area (Å²) in [7, 11) is -3.53. The second kappa shape index (κ2) is 4.33. The van der Waals surface area contributed by atoms with Gasteiger partial charge in [0.15, 0.2) is 0 Å². The van der Waals surface area contributed by atoms with Crippen LogP contribution in [0.15, 0.2) is 15.4 Å². The smallest absolute Gasteiger partial charge is 0.244 e. The number of aliphatic hydroxyl groups excluding tert-OH is 1. The molecule has 2 N–H and O–H groups in total. The van der Waals surface area contributed by atoms with Crippen molar-refractivity contribution in [2.45, 2.75) is 44.1 Å². The molecule has 0 amide bonds. The molecule has 0 saturated heterocycles. The van der Waals surface area contributed by atoms with Gasteiger partial charge in [0.05, 0.1) is 0 Å². The molecule has 6 heteroatoms. The van der Waals surface area contributed by atoms with E-state index in [1.807, 2.05) is 0 Å². The fourth-order valence-electron chi connectivity index (χ4n) is 2.77. The van der Waals surface area contributed by atoms with Crippen LogP contribution in [0, 0.1) is 18.3 Å². The van der Waals surface area contributed by atoms with Gasteiger partial charge in [-0.1, -0.05) is 0 Å². The van der Waals surface area contributed by atoms with Crippen molar-refractivity contribution >= 4 is 10.0 Å². The quantitative estimate of drug-likeness (QED) is 0.831. The summed E-state index contributed by atoms with van der Waals surface area (Å²) in [5.41, 5.74) is 0.227. The number of nitrogens with one attached hydrogen (secondary N) is 1. The molecule has 0 bridgehead atoms. The fourth-order valence-corrected chi connectivity index (χ4v) is 4.11. The summed E-state index contributed by atoms with van der Waals surface area (Å²) in [6.45, 7) is 1.84. The van der Waals surface area contributed by atoms with Crippen LogP contribution in [-0.4, -0.2) is 20.1 Å². The van der Waals surface area contributed by atoms with Crippen molar-refractivity contribution in [1.82, 2.24) is 4.72 Å². The van der Waals surface area contributed by atoms with E-state index in [4.69, 9.17) is 9.52 Å². The topological polar surface area (TPSA) is 79.5 Å². The summed E-state index contributed by atoms with van der Waals surface area (Å²) < 4.78 is 32.4. The Bertz CT molecular complexity index is 582. The minimum absolute atomic E-state index is 0.142. The Balaban J connectivity index is 1.73. The third-order valence-electron chi connectivity index (χ3n) is 4.32. The Morgan fingerprint density at radius 1 is 1.47 bits per heavy atom. The Morgan fingerprint density at radius 2 is 2.16 bits per heavy atom. The monoisotopic (exact) mass is 285 g/mol. The van der Waals surface area contributed by atoms with E-state index < -0.39 is 10.0 Å². The molecule has 2 fully saturated rings. The fraction of sp³-hybridized carbons (Fsp3) is 0.692. The van der Waals surface area contributed by atoms with Crippen LogP contribution < -0.4 is 4.72 Å². The molecular formula is C13H19NO4S. The van der Waals surface area contributed by atoms with Crippen molar-refractivity contribution in [3.05, 3.63) is 17.6 Å². The Labute approximate surface area is 113 Å². The van der Waals surface area contributed by atoms with Crippen molar-refractivity contribution in [3.63, 3.8) is 0 Å². The minimum Gasteiger partial charge on any atom is -0.462 e. The number of rotatable bonds is 6. The van der Waals surface area contributed by atoms with Gasteiger partial charge in [-0.15, -0.1) is 0 Å². The lowest BCUT2D eigenvalue weighted by atomic mass is 10.0. The molecule has 5 nitrogen and oxygen atoms in total. The number of furan rings is 1. The molecule has 0 aliphatic heterocycles. The van der Waals surface area contributed by atoms with E-state index in [1.54, 1.807) is 6.92 Å². The zero-order chi connectivity index (χ0) is 13.7. The molecule has 1 aromatic heterocycles. The van der Waals surface area contributed by atoms with Crippen molar-refractivity contribution in [2.75, 3.05) is 6.54 Å². The number of hydrogen-bond acceptors (Lipinski definition) is 4. The summed E-state index contributed by atoms with van der Waals surface area (Å²) in [4.78, 5) is 0.142. The second-order valence-corrected chi connectivity index (χ2v) is 7.49. The number of sulfonamides is 1. The first kappa shape index (κ1) is 13.1. The molecule has 2 aliphatic carbocycles. The van der Waals surface area contributed by atoms with Gasteiger partial charge in [0, 0.05) is 12.6 Å². The lowest BCUT2D eigenvalue weighted by Gasteiger charge is -2.14. The van der Waals surface area contributed by atoms with Crippen LogP contribution in [0.5, 0.6) is 0 Å². The molecule has 0 aromatic carbocycles. The molecule has 1 heterocycles. The summed E-state index contributed by atoms with van der Waals surface area (Å²) in [6, 6.07) is 1.40. The van der Waals surface area contributed by atoms with Gasteiger partial charge in [-0.3, -0.25) is 0 Å². The molecule has 106 valence electrons. The summed E-state index contributed by atoms with van der Waals surface area (Å²) >= 11 is 0. The Morgan fingerprint density at radius 3 is 2.63 bits per heavy atom.